The Morgan fingerprint density at radius 1 is 1.17 bits per heavy atom. The Kier molecular flexibility index (Phi) is 2.61. The molecule has 1 atom stereocenters. The van der Waals surface area contributed by atoms with Crippen molar-refractivity contribution in [1.82, 2.24) is 0 Å². The minimum atomic E-state index is 0.527. The van der Waals surface area contributed by atoms with E-state index in [4.69, 9.17) is 4.42 Å². The van der Waals surface area contributed by atoms with Crippen molar-refractivity contribution in [3.05, 3.63) is 23.2 Å². The third kappa shape index (κ3) is 1.55. The molecule has 1 aromatic rings. The molecule has 0 aromatic carbocycles. The normalized spacial score (nSPS) is 13.8. The van der Waals surface area contributed by atoms with Crippen LogP contribution in [0, 0.1) is 19.8 Å². The van der Waals surface area contributed by atoms with Gasteiger partial charge >= 0.3 is 0 Å². The van der Waals surface area contributed by atoms with Gasteiger partial charge in [-0.2, -0.15) is 0 Å². The monoisotopic (exact) mass is 166 g/mol. The van der Waals surface area contributed by atoms with Crippen LogP contribution in [0.4, 0.5) is 0 Å². The highest BCUT2D eigenvalue weighted by molar-refractivity contribution is 5.27. The second-order valence-electron chi connectivity index (χ2n) is 3.94. The van der Waals surface area contributed by atoms with Crippen LogP contribution >= 0.6 is 0 Å². The summed E-state index contributed by atoms with van der Waals surface area (Å²) in [5.41, 5.74) is 2.58. The van der Waals surface area contributed by atoms with Crippen LogP contribution < -0.4 is 0 Å². The molecule has 0 spiro atoms. The highest BCUT2D eigenvalue weighted by Gasteiger charge is 2.16. The molecule has 1 unspecified atom stereocenters. The third-order valence-electron chi connectivity index (χ3n) is 2.74. The van der Waals surface area contributed by atoms with Crippen molar-refractivity contribution < 1.29 is 4.42 Å². The first-order chi connectivity index (χ1) is 5.54. The van der Waals surface area contributed by atoms with Crippen LogP contribution in [0.3, 0.4) is 0 Å². The SMILES string of the molecule is Cc1coc(C(C)C(C)C)c1C. The van der Waals surface area contributed by atoms with Gasteiger partial charge in [0.15, 0.2) is 0 Å². The van der Waals surface area contributed by atoms with Gasteiger partial charge in [0.1, 0.15) is 5.76 Å². The molecule has 0 bridgehead atoms. The standard InChI is InChI=1S/C11H18O/c1-7(2)9(4)11-10(5)8(3)6-12-11/h6-7,9H,1-5H3. The van der Waals surface area contributed by atoms with E-state index in [9.17, 15) is 0 Å². The van der Waals surface area contributed by atoms with E-state index in [0.29, 0.717) is 11.8 Å². The van der Waals surface area contributed by atoms with Crippen molar-refractivity contribution in [1.29, 1.82) is 0 Å². The topological polar surface area (TPSA) is 13.1 Å². The first-order valence-corrected chi connectivity index (χ1v) is 4.58. The summed E-state index contributed by atoms with van der Waals surface area (Å²) >= 11 is 0. The summed E-state index contributed by atoms with van der Waals surface area (Å²) in [6, 6.07) is 0. The molecule has 0 aliphatic heterocycles. The summed E-state index contributed by atoms with van der Waals surface area (Å²) in [5, 5.41) is 0. The zero-order valence-corrected chi connectivity index (χ0v) is 8.64. The zero-order valence-electron chi connectivity index (χ0n) is 8.64. The van der Waals surface area contributed by atoms with Crippen LogP contribution in [0.2, 0.25) is 0 Å². The number of rotatable bonds is 2. The second kappa shape index (κ2) is 3.34. The van der Waals surface area contributed by atoms with E-state index < -0.39 is 0 Å². The summed E-state index contributed by atoms with van der Waals surface area (Å²) < 4.78 is 5.52. The molecule has 0 aliphatic rings. The molecule has 0 saturated heterocycles. The molecular formula is C11H18O. The Hall–Kier alpha value is -0.720. The molecule has 1 heteroatoms. The fourth-order valence-electron chi connectivity index (χ4n) is 1.27. The quantitative estimate of drug-likeness (QED) is 0.653. The van der Waals surface area contributed by atoms with Gasteiger partial charge in [-0.25, -0.2) is 0 Å². The van der Waals surface area contributed by atoms with Gasteiger partial charge < -0.3 is 4.42 Å². The van der Waals surface area contributed by atoms with Crippen molar-refractivity contribution in [3.8, 4) is 0 Å². The zero-order chi connectivity index (χ0) is 9.30. The molecule has 68 valence electrons. The molecule has 0 amide bonds. The van der Waals surface area contributed by atoms with Crippen LogP contribution in [-0.4, -0.2) is 0 Å². The Labute approximate surface area is 74.8 Å². The third-order valence-corrected chi connectivity index (χ3v) is 2.74. The van der Waals surface area contributed by atoms with E-state index in [1.54, 1.807) is 0 Å². The smallest absolute Gasteiger partial charge is 0.109 e. The van der Waals surface area contributed by atoms with E-state index in [0.717, 1.165) is 5.76 Å². The second-order valence-corrected chi connectivity index (χ2v) is 3.94. The summed E-state index contributed by atoms with van der Waals surface area (Å²) in [5.74, 6) is 2.33. The Morgan fingerprint density at radius 2 is 1.75 bits per heavy atom. The van der Waals surface area contributed by atoms with Crippen LogP contribution in [0.15, 0.2) is 10.7 Å². The summed E-state index contributed by atoms with van der Waals surface area (Å²) in [7, 11) is 0. The summed E-state index contributed by atoms with van der Waals surface area (Å²) in [6.07, 6.45) is 1.85. The Morgan fingerprint density at radius 3 is 2.08 bits per heavy atom. The molecule has 0 radical (unpaired) electrons. The highest BCUT2D eigenvalue weighted by atomic mass is 16.3. The lowest BCUT2D eigenvalue weighted by Gasteiger charge is -2.13. The largest absolute Gasteiger partial charge is 0.468 e. The van der Waals surface area contributed by atoms with Crippen molar-refractivity contribution in [2.45, 2.75) is 40.5 Å². The van der Waals surface area contributed by atoms with E-state index in [1.165, 1.54) is 11.1 Å². The Bertz CT molecular complexity index is 258. The average Bonchev–Trinajstić information content (AvgIpc) is 2.32. The Balaban J connectivity index is 2.95. The summed E-state index contributed by atoms with van der Waals surface area (Å²) in [6.45, 7) is 10.9. The first-order valence-electron chi connectivity index (χ1n) is 4.58. The lowest BCUT2D eigenvalue weighted by molar-refractivity contribution is 0.412. The molecule has 0 saturated carbocycles. The van der Waals surface area contributed by atoms with Gasteiger partial charge in [0.2, 0.25) is 0 Å². The minimum Gasteiger partial charge on any atom is -0.468 e. The fraction of sp³-hybridized carbons (Fsp3) is 0.636. The maximum Gasteiger partial charge on any atom is 0.109 e. The lowest BCUT2D eigenvalue weighted by atomic mass is 9.93. The predicted octanol–water partition coefficient (Wildman–Crippen LogP) is 3.66. The number of aryl methyl sites for hydroxylation is 1. The van der Waals surface area contributed by atoms with E-state index in [2.05, 4.69) is 34.6 Å². The molecule has 0 aliphatic carbocycles. The fourth-order valence-corrected chi connectivity index (χ4v) is 1.27. The first kappa shape index (κ1) is 9.37. The predicted molar refractivity (Wildman–Crippen MR) is 51.4 cm³/mol. The van der Waals surface area contributed by atoms with Crippen molar-refractivity contribution in [3.63, 3.8) is 0 Å². The maximum absolute atomic E-state index is 5.52. The average molecular weight is 166 g/mol. The number of hydrogen-bond acceptors (Lipinski definition) is 1. The minimum absolute atomic E-state index is 0.527. The highest BCUT2D eigenvalue weighted by Crippen LogP contribution is 2.28. The van der Waals surface area contributed by atoms with Gasteiger partial charge in [-0.05, 0) is 30.9 Å². The molecule has 0 fully saturated rings. The van der Waals surface area contributed by atoms with Crippen LogP contribution in [-0.2, 0) is 0 Å². The van der Waals surface area contributed by atoms with E-state index in [1.807, 2.05) is 6.26 Å². The van der Waals surface area contributed by atoms with E-state index >= 15 is 0 Å². The van der Waals surface area contributed by atoms with Gasteiger partial charge in [0.05, 0.1) is 6.26 Å². The molecule has 0 N–H and O–H groups in total. The number of furan rings is 1. The van der Waals surface area contributed by atoms with E-state index in [-0.39, 0.29) is 0 Å². The van der Waals surface area contributed by atoms with Crippen molar-refractivity contribution >= 4 is 0 Å². The molecular weight excluding hydrogens is 148 g/mol. The van der Waals surface area contributed by atoms with Crippen LogP contribution in [0.25, 0.3) is 0 Å². The van der Waals surface area contributed by atoms with Gasteiger partial charge in [-0.3, -0.25) is 0 Å². The molecule has 1 heterocycles. The van der Waals surface area contributed by atoms with Gasteiger partial charge in [-0.1, -0.05) is 20.8 Å². The van der Waals surface area contributed by atoms with Crippen molar-refractivity contribution in [2.75, 3.05) is 0 Å². The molecule has 12 heavy (non-hydrogen) atoms. The molecule has 1 nitrogen and oxygen atoms in total. The summed E-state index contributed by atoms with van der Waals surface area (Å²) in [4.78, 5) is 0. The maximum atomic E-state index is 5.52. The van der Waals surface area contributed by atoms with Crippen LogP contribution in [0.1, 0.15) is 43.6 Å². The van der Waals surface area contributed by atoms with Crippen molar-refractivity contribution in [2.24, 2.45) is 5.92 Å². The van der Waals surface area contributed by atoms with Gasteiger partial charge in [-0.15, -0.1) is 0 Å². The van der Waals surface area contributed by atoms with Crippen LogP contribution in [0.5, 0.6) is 0 Å². The number of hydrogen-bond donors (Lipinski definition) is 0. The molecule has 1 rings (SSSR count). The molecule has 1 aromatic heterocycles. The lowest BCUT2D eigenvalue weighted by Crippen LogP contribution is -2.02. The van der Waals surface area contributed by atoms with Gasteiger partial charge in [0.25, 0.3) is 0 Å². The van der Waals surface area contributed by atoms with Gasteiger partial charge in [0, 0.05) is 5.92 Å².